The Bertz CT molecular complexity index is 641. The summed E-state index contributed by atoms with van der Waals surface area (Å²) in [5.74, 6) is 2.29. The zero-order valence-corrected chi connectivity index (χ0v) is 16.3. The van der Waals surface area contributed by atoms with Crippen molar-refractivity contribution in [2.45, 2.75) is 33.2 Å². The van der Waals surface area contributed by atoms with Crippen LogP contribution in [0.3, 0.4) is 0 Å². The highest BCUT2D eigenvalue weighted by molar-refractivity contribution is 14.0. The predicted octanol–water partition coefficient (Wildman–Crippen LogP) is 2.77. The molecule has 0 bridgehead atoms. The summed E-state index contributed by atoms with van der Waals surface area (Å²) in [6.45, 7) is 7.35. The lowest BCUT2D eigenvalue weighted by atomic mass is 9.99. The average Bonchev–Trinajstić information content (AvgIpc) is 2.92. The van der Waals surface area contributed by atoms with Crippen LogP contribution >= 0.6 is 24.0 Å². The number of aryl methyl sites for hydroxylation is 2. The van der Waals surface area contributed by atoms with E-state index in [0.717, 1.165) is 12.5 Å². The number of rotatable bonds is 5. The summed E-state index contributed by atoms with van der Waals surface area (Å²) >= 11 is 0. The molecule has 1 aromatic carbocycles. The number of halogens is 1. The number of aromatic nitrogens is 2. The highest BCUT2D eigenvalue weighted by Gasteiger charge is 2.08. The second-order valence-corrected chi connectivity index (χ2v) is 5.36. The first-order valence-electron chi connectivity index (χ1n) is 7.38. The normalized spacial score (nSPS) is 12.4. The fourth-order valence-corrected chi connectivity index (χ4v) is 2.14. The van der Waals surface area contributed by atoms with Gasteiger partial charge in [0.25, 0.3) is 0 Å². The summed E-state index contributed by atoms with van der Waals surface area (Å²) in [5, 5.41) is 10.2. The Morgan fingerprint density at radius 3 is 2.70 bits per heavy atom. The van der Waals surface area contributed by atoms with E-state index < -0.39 is 0 Å². The Balaban J connectivity index is 0.00000264. The molecule has 2 N–H and O–H groups in total. The molecular formula is C16H24IN5O. The van der Waals surface area contributed by atoms with E-state index in [9.17, 15) is 0 Å². The van der Waals surface area contributed by atoms with Crippen LogP contribution in [0.5, 0.6) is 0 Å². The van der Waals surface area contributed by atoms with Crippen molar-refractivity contribution < 1.29 is 4.52 Å². The standard InChI is InChI=1S/C16H23N5O.HI/c1-11-6-5-7-14(8-11)12(2)9-18-16(17-4)19-10-15-20-13(3)21-22-15;/h5-8,12H,9-10H2,1-4H3,(H2,17,18,19);1H. The van der Waals surface area contributed by atoms with Crippen molar-refractivity contribution in [2.24, 2.45) is 4.99 Å². The number of nitrogens with one attached hydrogen (secondary N) is 2. The first-order valence-corrected chi connectivity index (χ1v) is 7.38. The van der Waals surface area contributed by atoms with Gasteiger partial charge in [0.1, 0.15) is 0 Å². The summed E-state index contributed by atoms with van der Waals surface area (Å²) < 4.78 is 5.06. The largest absolute Gasteiger partial charge is 0.356 e. The molecule has 0 aliphatic heterocycles. The maximum Gasteiger partial charge on any atom is 0.246 e. The molecular weight excluding hydrogens is 405 g/mol. The molecule has 23 heavy (non-hydrogen) atoms. The van der Waals surface area contributed by atoms with Crippen molar-refractivity contribution in [1.29, 1.82) is 0 Å². The molecule has 0 amide bonds. The van der Waals surface area contributed by atoms with Crippen LogP contribution in [-0.2, 0) is 6.54 Å². The number of nitrogens with zero attached hydrogens (tertiary/aromatic N) is 3. The van der Waals surface area contributed by atoms with Gasteiger partial charge < -0.3 is 15.2 Å². The van der Waals surface area contributed by atoms with E-state index in [1.165, 1.54) is 11.1 Å². The summed E-state index contributed by atoms with van der Waals surface area (Å²) in [7, 11) is 1.74. The van der Waals surface area contributed by atoms with Crippen LogP contribution in [-0.4, -0.2) is 29.7 Å². The van der Waals surface area contributed by atoms with Gasteiger partial charge in [-0.1, -0.05) is 41.9 Å². The Labute approximate surface area is 154 Å². The van der Waals surface area contributed by atoms with Gasteiger partial charge in [0.2, 0.25) is 5.89 Å². The molecule has 126 valence electrons. The van der Waals surface area contributed by atoms with Gasteiger partial charge in [0, 0.05) is 13.6 Å². The number of hydrogen-bond donors (Lipinski definition) is 2. The van der Waals surface area contributed by atoms with Gasteiger partial charge >= 0.3 is 0 Å². The van der Waals surface area contributed by atoms with E-state index in [0.29, 0.717) is 24.2 Å². The van der Waals surface area contributed by atoms with Crippen LogP contribution in [0.2, 0.25) is 0 Å². The van der Waals surface area contributed by atoms with E-state index in [1.54, 1.807) is 14.0 Å². The lowest BCUT2D eigenvalue weighted by Gasteiger charge is -2.16. The van der Waals surface area contributed by atoms with Gasteiger partial charge in [-0.25, -0.2) is 0 Å². The predicted molar refractivity (Wildman–Crippen MR) is 102 cm³/mol. The van der Waals surface area contributed by atoms with Crippen LogP contribution in [0.15, 0.2) is 33.8 Å². The zero-order valence-electron chi connectivity index (χ0n) is 14.0. The first-order chi connectivity index (χ1) is 10.6. The van der Waals surface area contributed by atoms with E-state index in [1.807, 2.05) is 0 Å². The molecule has 0 aliphatic rings. The fourth-order valence-electron chi connectivity index (χ4n) is 2.14. The smallest absolute Gasteiger partial charge is 0.246 e. The van der Waals surface area contributed by atoms with E-state index >= 15 is 0 Å². The lowest BCUT2D eigenvalue weighted by molar-refractivity contribution is 0.371. The molecule has 0 saturated carbocycles. The molecule has 1 heterocycles. The Morgan fingerprint density at radius 2 is 2.09 bits per heavy atom. The minimum absolute atomic E-state index is 0. The van der Waals surface area contributed by atoms with E-state index in [4.69, 9.17) is 4.52 Å². The van der Waals surface area contributed by atoms with Crippen molar-refractivity contribution in [3.63, 3.8) is 0 Å². The number of aliphatic imine (C=N–C) groups is 1. The van der Waals surface area contributed by atoms with Crippen LogP contribution in [0.4, 0.5) is 0 Å². The van der Waals surface area contributed by atoms with Gasteiger partial charge in [-0.05, 0) is 25.3 Å². The molecule has 2 rings (SSSR count). The highest BCUT2D eigenvalue weighted by Crippen LogP contribution is 2.15. The van der Waals surface area contributed by atoms with Crippen molar-refractivity contribution in [3.8, 4) is 0 Å². The van der Waals surface area contributed by atoms with Gasteiger partial charge in [-0.3, -0.25) is 4.99 Å². The van der Waals surface area contributed by atoms with Gasteiger partial charge in [-0.15, -0.1) is 24.0 Å². The molecule has 7 heteroatoms. The van der Waals surface area contributed by atoms with Crippen LogP contribution < -0.4 is 10.6 Å². The summed E-state index contributed by atoms with van der Waals surface area (Å²) in [5.41, 5.74) is 2.59. The zero-order chi connectivity index (χ0) is 15.9. The number of benzene rings is 1. The minimum atomic E-state index is 0. The van der Waals surface area contributed by atoms with E-state index in [2.05, 4.69) is 63.9 Å². The average molecular weight is 429 g/mol. The maximum atomic E-state index is 5.06. The second kappa shape index (κ2) is 9.49. The Hall–Kier alpha value is -1.64. The number of hydrogen-bond acceptors (Lipinski definition) is 4. The first kappa shape index (κ1) is 19.4. The second-order valence-electron chi connectivity index (χ2n) is 5.36. The molecule has 1 unspecified atom stereocenters. The van der Waals surface area contributed by atoms with Gasteiger partial charge in [0.05, 0.1) is 6.54 Å². The molecule has 0 radical (unpaired) electrons. The molecule has 0 aliphatic carbocycles. The van der Waals surface area contributed by atoms with Gasteiger partial charge in [-0.2, -0.15) is 4.98 Å². The molecule has 0 saturated heterocycles. The summed E-state index contributed by atoms with van der Waals surface area (Å²) in [4.78, 5) is 8.34. The maximum absolute atomic E-state index is 5.06. The molecule has 1 atom stereocenters. The molecule has 1 aromatic heterocycles. The molecule has 0 fully saturated rings. The van der Waals surface area contributed by atoms with E-state index in [-0.39, 0.29) is 24.0 Å². The van der Waals surface area contributed by atoms with Gasteiger partial charge in [0.15, 0.2) is 11.8 Å². The summed E-state index contributed by atoms with van der Waals surface area (Å²) in [6.07, 6.45) is 0. The van der Waals surface area contributed by atoms with Crippen molar-refractivity contribution in [3.05, 3.63) is 47.1 Å². The van der Waals surface area contributed by atoms with Crippen LogP contribution in [0.25, 0.3) is 0 Å². The summed E-state index contributed by atoms with van der Waals surface area (Å²) in [6, 6.07) is 8.56. The minimum Gasteiger partial charge on any atom is -0.356 e. The fraction of sp³-hybridized carbons (Fsp3) is 0.438. The third kappa shape index (κ3) is 6.17. The third-order valence-electron chi connectivity index (χ3n) is 3.39. The Kier molecular flexibility index (Phi) is 8.01. The van der Waals surface area contributed by atoms with Crippen molar-refractivity contribution in [2.75, 3.05) is 13.6 Å². The molecule has 2 aromatic rings. The highest BCUT2D eigenvalue weighted by atomic mass is 127. The van der Waals surface area contributed by atoms with Crippen LogP contribution in [0.1, 0.15) is 35.7 Å². The third-order valence-corrected chi connectivity index (χ3v) is 3.39. The lowest BCUT2D eigenvalue weighted by Crippen LogP contribution is -2.38. The molecule has 0 spiro atoms. The topological polar surface area (TPSA) is 75.3 Å². The number of guanidine groups is 1. The monoisotopic (exact) mass is 429 g/mol. The Morgan fingerprint density at radius 1 is 1.30 bits per heavy atom. The quantitative estimate of drug-likeness (QED) is 0.435. The van der Waals surface area contributed by atoms with Crippen molar-refractivity contribution in [1.82, 2.24) is 20.8 Å². The van der Waals surface area contributed by atoms with Crippen molar-refractivity contribution >= 4 is 29.9 Å². The molecule has 6 nitrogen and oxygen atoms in total. The van der Waals surface area contributed by atoms with Crippen LogP contribution in [0, 0.1) is 13.8 Å². The SMILES string of the molecule is CN=C(NCc1nc(C)no1)NCC(C)c1cccc(C)c1.I.